The highest BCUT2D eigenvalue weighted by atomic mass is 16.2. The number of hydrogen-bond donors (Lipinski definition) is 2. The summed E-state index contributed by atoms with van der Waals surface area (Å²) in [5, 5.41) is 2.90. The van der Waals surface area contributed by atoms with Gasteiger partial charge < -0.3 is 16.0 Å². The predicted octanol–water partition coefficient (Wildman–Crippen LogP) is 0.634. The molecule has 2 aliphatic rings. The van der Waals surface area contributed by atoms with Gasteiger partial charge in [0.05, 0.1) is 5.41 Å². The van der Waals surface area contributed by atoms with Crippen molar-refractivity contribution in [3.8, 4) is 0 Å². The fourth-order valence-electron chi connectivity index (χ4n) is 3.17. The van der Waals surface area contributed by atoms with E-state index >= 15 is 0 Å². The Balaban J connectivity index is 1.72. The van der Waals surface area contributed by atoms with Crippen molar-refractivity contribution in [1.29, 1.82) is 0 Å². The molecule has 2 amide bonds. The predicted molar refractivity (Wildman–Crippen MR) is 73.4 cm³/mol. The Morgan fingerprint density at radius 3 is 2.32 bits per heavy atom. The number of rotatable bonds is 5. The third kappa shape index (κ3) is 3.26. The summed E-state index contributed by atoms with van der Waals surface area (Å²) < 4.78 is 0. The Morgan fingerprint density at radius 2 is 1.74 bits per heavy atom. The highest BCUT2D eigenvalue weighted by molar-refractivity contribution is 5.84. The third-order valence-corrected chi connectivity index (χ3v) is 4.52. The van der Waals surface area contributed by atoms with Gasteiger partial charge in [0.25, 0.3) is 0 Å². The van der Waals surface area contributed by atoms with E-state index in [1.807, 2.05) is 4.90 Å². The molecule has 5 nitrogen and oxygen atoms in total. The molecule has 1 saturated carbocycles. The molecule has 0 aromatic carbocycles. The molecule has 1 saturated heterocycles. The molecular formula is C14H25N3O2. The Hall–Kier alpha value is -1.10. The van der Waals surface area contributed by atoms with Crippen molar-refractivity contribution in [3.63, 3.8) is 0 Å². The van der Waals surface area contributed by atoms with Gasteiger partial charge in [-0.3, -0.25) is 9.59 Å². The van der Waals surface area contributed by atoms with Crippen LogP contribution in [0.15, 0.2) is 0 Å². The second kappa shape index (κ2) is 6.37. The molecule has 2 fully saturated rings. The maximum atomic E-state index is 12.2. The van der Waals surface area contributed by atoms with Crippen molar-refractivity contribution in [2.45, 2.75) is 44.9 Å². The van der Waals surface area contributed by atoms with Gasteiger partial charge >= 0.3 is 0 Å². The first kappa shape index (κ1) is 14.3. The Labute approximate surface area is 114 Å². The molecule has 3 N–H and O–H groups in total. The summed E-state index contributed by atoms with van der Waals surface area (Å²) in [6, 6.07) is 0. The van der Waals surface area contributed by atoms with Gasteiger partial charge in [0.15, 0.2) is 0 Å². The molecule has 1 aliphatic carbocycles. The zero-order valence-electron chi connectivity index (χ0n) is 11.6. The second-order valence-corrected chi connectivity index (χ2v) is 5.79. The Morgan fingerprint density at radius 1 is 1.11 bits per heavy atom. The van der Waals surface area contributed by atoms with E-state index in [4.69, 9.17) is 5.73 Å². The maximum absolute atomic E-state index is 12.2. The van der Waals surface area contributed by atoms with Crippen molar-refractivity contribution in [2.75, 3.05) is 26.2 Å². The first-order chi connectivity index (χ1) is 9.18. The lowest BCUT2D eigenvalue weighted by molar-refractivity contribution is -0.131. The number of carbonyl (C=O) groups is 2. The topological polar surface area (TPSA) is 75.4 Å². The van der Waals surface area contributed by atoms with Crippen LogP contribution in [-0.2, 0) is 9.59 Å². The lowest BCUT2D eigenvalue weighted by atomic mass is 9.85. The van der Waals surface area contributed by atoms with Gasteiger partial charge in [0.1, 0.15) is 0 Å². The van der Waals surface area contributed by atoms with E-state index in [-0.39, 0.29) is 17.2 Å². The minimum Gasteiger partial charge on any atom is -0.355 e. The minimum atomic E-state index is -0.364. The molecule has 0 bridgehead atoms. The molecule has 19 heavy (non-hydrogen) atoms. The smallest absolute Gasteiger partial charge is 0.227 e. The van der Waals surface area contributed by atoms with Crippen LogP contribution in [0.1, 0.15) is 44.9 Å². The van der Waals surface area contributed by atoms with Crippen LogP contribution < -0.4 is 11.1 Å². The van der Waals surface area contributed by atoms with Gasteiger partial charge in [0, 0.05) is 32.6 Å². The molecule has 0 aromatic heterocycles. The van der Waals surface area contributed by atoms with Crippen molar-refractivity contribution < 1.29 is 9.59 Å². The lowest BCUT2D eigenvalue weighted by Crippen LogP contribution is -2.45. The number of hydrogen-bond acceptors (Lipinski definition) is 3. The summed E-state index contributed by atoms with van der Waals surface area (Å²) in [5.74, 6) is 0.202. The van der Waals surface area contributed by atoms with E-state index in [1.54, 1.807) is 0 Å². The molecule has 0 aromatic rings. The second-order valence-electron chi connectivity index (χ2n) is 5.79. The van der Waals surface area contributed by atoms with Gasteiger partial charge in [-0.2, -0.15) is 0 Å². The van der Waals surface area contributed by atoms with E-state index in [0.717, 1.165) is 51.6 Å². The molecule has 1 aliphatic heterocycles. The molecule has 0 radical (unpaired) electrons. The maximum Gasteiger partial charge on any atom is 0.227 e. The number of likely N-dealkylation sites (tertiary alicyclic amines) is 1. The fourth-order valence-corrected chi connectivity index (χ4v) is 3.17. The lowest BCUT2D eigenvalue weighted by Gasteiger charge is -2.25. The van der Waals surface area contributed by atoms with Crippen molar-refractivity contribution >= 4 is 11.8 Å². The molecule has 108 valence electrons. The van der Waals surface area contributed by atoms with Crippen molar-refractivity contribution in [3.05, 3.63) is 0 Å². The molecule has 2 rings (SSSR count). The van der Waals surface area contributed by atoms with Crippen LogP contribution in [0.5, 0.6) is 0 Å². The van der Waals surface area contributed by atoms with Crippen LogP contribution in [0.25, 0.3) is 0 Å². The molecule has 0 unspecified atom stereocenters. The summed E-state index contributed by atoms with van der Waals surface area (Å²) in [6.45, 7) is 2.61. The SMILES string of the molecule is NCC1(C(=O)NCCC(=O)N2CCCC2)CCCC1. The average molecular weight is 267 g/mol. The number of nitrogens with zero attached hydrogens (tertiary/aromatic N) is 1. The number of nitrogens with one attached hydrogen (secondary N) is 1. The summed E-state index contributed by atoms with van der Waals surface area (Å²) in [7, 11) is 0. The largest absolute Gasteiger partial charge is 0.355 e. The zero-order chi connectivity index (χ0) is 13.7. The molecular weight excluding hydrogens is 242 g/mol. The van der Waals surface area contributed by atoms with Crippen LogP contribution in [0.2, 0.25) is 0 Å². The average Bonchev–Trinajstić information content (AvgIpc) is 3.10. The van der Waals surface area contributed by atoms with E-state index < -0.39 is 0 Å². The molecule has 0 atom stereocenters. The normalized spacial score (nSPS) is 21.6. The minimum absolute atomic E-state index is 0.0433. The van der Waals surface area contributed by atoms with E-state index in [2.05, 4.69) is 5.32 Å². The van der Waals surface area contributed by atoms with Gasteiger partial charge in [-0.15, -0.1) is 0 Å². The van der Waals surface area contributed by atoms with Gasteiger partial charge in [0.2, 0.25) is 11.8 Å². The van der Waals surface area contributed by atoms with Crippen LogP contribution in [0, 0.1) is 5.41 Å². The number of amides is 2. The molecule has 1 heterocycles. The van der Waals surface area contributed by atoms with Gasteiger partial charge in [-0.1, -0.05) is 12.8 Å². The summed E-state index contributed by atoms with van der Waals surface area (Å²) in [4.78, 5) is 25.9. The van der Waals surface area contributed by atoms with Crippen molar-refractivity contribution in [2.24, 2.45) is 11.1 Å². The van der Waals surface area contributed by atoms with E-state index in [1.165, 1.54) is 0 Å². The first-order valence-corrected chi connectivity index (χ1v) is 7.44. The molecule has 5 heteroatoms. The monoisotopic (exact) mass is 267 g/mol. The summed E-state index contributed by atoms with van der Waals surface area (Å²) in [6.07, 6.45) is 6.55. The Bertz CT molecular complexity index is 332. The van der Waals surface area contributed by atoms with E-state index in [0.29, 0.717) is 19.5 Å². The summed E-state index contributed by atoms with van der Waals surface area (Å²) >= 11 is 0. The fraction of sp³-hybridized carbons (Fsp3) is 0.857. The highest BCUT2D eigenvalue weighted by Crippen LogP contribution is 2.37. The van der Waals surface area contributed by atoms with Crippen molar-refractivity contribution in [1.82, 2.24) is 10.2 Å². The first-order valence-electron chi connectivity index (χ1n) is 7.44. The number of carbonyl (C=O) groups excluding carboxylic acids is 2. The number of nitrogens with two attached hydrogens (primary N) is 1. The molecule has 0 spiro atoms. The highest BCUT2D eigenvalue weighted by Gasteiger charge is 2.39. The summed E-state index contributed by atoms with van der Waals surface area (Å²) in [5.41, 5.74) is 5.40. The zero-order valence-corrected chi connectivity index (χ0v) is 11.6. The van der Waals surface area contributed by atoms with Crippen LogP contribution >= 0.6 is 0 Å². The quantitative estimate of drug-likeness (QED) is 0.767. The Kier molecular flexibility index (Phi) is 4.80. The van der Waals surface area contributed by atoms with E-state index in [9.17, 15) is 9.59 Å². The van der Waals surface area contributed by atoms with Crippen LogP contribution in [-0.4, -0.2) is 42.9 Å². The van der Waals surface area contributed by atoms with Gasteiger partial charge in [-0.25, -0.2) is 0 Å². The van der Waals surface area contributed by atoms with Gasteiger partial charge in [-0.05, 0) is 25.7 Å². The van der Waals surface area contributed by atoms with Crippen LogP contribution in [0.3, 0.4) is 0 Å². The third-order valence-electron chi connectivity index (χ3n) is 4.52. The standard InChI is InChI=1S/C14H25N3O2/c15-11-14(6-1-2-7-14)13(19)16-8-5-12(18)17-9-3-4-10-17/h1-11,15H2,(H,16,19). The van der Waals surface area contributed by atoms with Crippen LogP contribution in [0.4, 0.5) is 0 Å².